The first-order valence-corrected chi connectivity index (χ1v) is 7.73. The lowest BCUT2D eigenvalue weighted by molar-refractivity contribution is -0.128. The molecule has 2 heterocycles. The maximum Gasteiger partial charge on any atom is 0.237 e. The van der Waals surface area contributed by atoms with Crippen LogP contribution < -0.4 is 5.73 Å². The predicted molar refractivity (Wildman–Crippen MR) is 84.6 cm³/mol. The summed E-state index contributed by atoms with van der Waals surface area (Å²) in [4.78, 5) is 40.7. The van der Waals surface area contributed by atoms with E-state index in [0.717, 1.165) is 5.56 Å². The third-order valence-corrected chi connectivity index (χ3v) is 4.19. The van der Waals surface area contributed by atoms with Crippen molar-refractivity contribution in [1.82, 2.24) is 9.88 Å². The number of H-pyrrole nitrogens is 1. The van der Waals surface area contributed by atoms with Gasteiger partial charge in [-0.25, -0.2) is 0 Å². The van der Waals surface area contributed by atoms with Crippen LogP contribution in [0.1, 0.15) is 46.0 Å². The highest BCUT2D eigenvalue weighted by molar-refractivity contribution is 6.04. The van der Waals surface area contributed by atoms with Crippen molar-refractivity contribution < 1.29 is 19.1 Å². The molecule has 1 aliphatic rings. The van der Waals surface area contributed by atoms with E-state index in [9.17, 15) is 14.4 Å². The number of nitrogens with two attached hydrogens (primary N) is 1. The van der Waals surface area contributed by atoms with E-state index in [1.807, 2.05) is 6.92 Å². The Morgan fingerprint density at radius 3 is 2.65 bits per heavy atom. The Hall–Kier alpha value is -1.99. The fourth-order valence-corrected chi connectivity index (χ4v) is 3.10. The highest BCUT2D eigenvalue weighted by Gasteiger charge is 2.31. The van der Waals surface area contributed by atoms with E-state index in [1.165, 1.54) is 6.92 Å². The molecule has 0 aromatic carbocycles. The monoisotopic (exact) mass is 321 g/mol. The highest BCUT2D eigenvalue weighted by Crippen LogP contribution is 2.21. The average Bonchev–Trinajstić information content (AvgIpc) is 2.84. The van der Waals surface area contributed by atoms with Crippen LogP contribution in [0.2, 0.25) is 0 Å². The van der Waals surface area contributed by atoms with E-state index in [-0.39, 0.29) is 24.7 Å². The van der Waals surface area contributed by atoms with Gasteiger partial charge in [0.1, 0.15) is 6.04 Å². The van der Waals surface area contributed by atoms with Crippen LogP contribution in [0.4, 0.5) is 0 Å². The Bertz CT molecular complexity index is 636. The first-order valence-electron chi connectivity index (χ1n) is 7.73. The fraction of sp³-hybridized carbons (Fsp3) is 0.562. The number of morpholine rings is 1. The molecule has 2 rings (SSSR count). The summed E-state index contributed by atoms with van der Waals surface area (Å²) in [7, 11) is 0. The molecular formula is C16H23N3O4. The van der Waals surface area contributed by atoms with Gasteiger partial charge in [-0.3, -0.25) is 19.3 Å². The number of carbonyl (C=O) groups is 3. The summed E-state index contributed by atoms with van der Waals surface area (Å²) in [6.45, 7) is 6.39. The van der Waals surface area contributed by atoms with Gasteiger partial charge >= 0.3 is 0 Å². The molecule has 1 aliphatic heterocycles. The zero-order valence-corrected chi connectivity index (χ0v) is 13.8. The van der Waals surface area contributed by atoms with E-state index in [1.54, 1.807) is 11.8 Å². The van der Waals surface area contributed by atoms with Gasteiger partial charge in [-0.2, -0.15) is 0 Å². The summed E-state index contributed by atoms with van der Waals surface area (Å²) in [5, 5.41) is 0. The largest absolute Gasteiger partial charge is 0.378 e. The Morgan fingerprint density at radius 1 is 1.39 bits per heavy atom. The predicted octanol–water partition coefficient (Wildman–Crippen LogP) is 0.457. The summed E-state index contributed by atoms with van der Waals surface area (Å²) in [5.74, 6) is -0.707. The van der Waals surface area contributed by atoms with Crippen molar-refractivity contribution in [2.75, 3.05) is 26.3 Å². The molecule has 126 valence electrons. The molecular weight excluding hydrogens is 298 g/mol. The number of ketones is 2. The lowest BCUT2D eigenvalue weighted by atomic mass is 10.0. The van der Waals surface area contributed by atoms with Crippen LogP contribution in [-0.2, 0) is 16.0 Å². The number of nitrogens with one attached hydrogen (secondary N) is 1. The van der Waals surface area contributed by atoms with Gasteiger partial charge in [0.2, 0.25) is 5.91 Å². The van der Waals surface area contributed by atoms with E-state index < -0.39 is 11.9 Å². The van der Waals surface area contributed by atoms with Crippen molar-refractivity contribution in [1.29, 1.82) is 0 Å². The molecule has 0 aliphatic carbocycles. The molecule has 0 bridgehead atoms. The normalized spacial score (nSPS) is 18.8. The molecule has 1 fully saturated rings. The number of rotatable bonds is 6. The average molecular weight is 321 g/mol. The molecule has 1 unspecified atom stereocenters. The first kappa shape index (κ1) is 17.4. The molecule has 1 atom stereocenters. The van der Waals surface area contributed by atoms with Crippen molar-refractivity contribution in [2.45, 2.75) is 33.2 Å². The van der Waals surface area contributed by atoms with Gasteiger partial charge in [0, 0.05) is 17.8 Å². The highest BCUT2D eigenvalue weighted by atomic mass is 16.5. The minimum absolute atomic E-state index is 0.0592. The van der Waals surface area contributed by atoms with Gasteiger partial charge in [-0.15, -0.1) is 0 Å². The van der Waals surface area contributed by atoms with E-state index in [4.69, 9.17) is 10.5 Å². The van der Waals surface area contributed by atoms with Gasteiger partial charge in [0.25, 0.3) is 0 Å². The summed E-state index contributed by atoms with van der Waals surface area (Å²) >= 11 is 0. The Labute approximate surface area is 135 Å². The maximum absolute atomic E-state index is 12.7. The summed E-state index contributed by atoms with van der Waals surface area (Å²) in [6, 6.07) is -0.596. The lowest BCUT2D eigenvalue weighted by Gasteiger charge is -2.32. The van der Waals surface area contributed by atoms with Gasteiger partial charge < -0.3 is 15.5 Å². The number of aromatic nitrogens is 1. The molecule has 7 heteroatoms. The number of nitrogens with zero attached hydrogens (tertiary/aromatic N) is 1. The van der Waals surface area contributed by atoms with Crippen molar-refractivity contribution in [2.24, 2.45) is 5.73 Å². The second-order valence-corrected chi connectivity index (χ2v) is 5.78. The second-order valence-electron chi connectivity index (χ2n) is 5.78. The quantitative estimate of drug-likeness (QED) is 0.740. The third-order valence-electron chi connectivity index (χ3n) is 4.19. The fourth-order valence-electron chi connectivity index (χ4n) is 3.10. The molecule has 1 amide bonds. The molecule has 0 saturated carbocycles. The number of hydrogen-bond donors (Lipinski definition) is 2. The van der Waals surface area contributed by atoms with Crippen molar-refractivity contribution in [3.05, 3.63) is 22.5 Å². The smallest absolute Gasteiger partial charge is 0.237 e. The van der Waals surface area contributed by atoms with E-state index >= 15 is 0 Å². The molecule has 1 aromatic heterocycles. The van der Waals surface area contributed by atoms with Crippen LogP contribution in [0.15, 0.2) is 0 Å². The van der Waals surface area contributed by atoms with Crippen molar-refractivity contribution in [3.8, 4) is 0 Å². The topological polar surface area (TPSA) is 105 Å². The number of primary amides is 1. The van der Waals surface area contributed by atoms with Crippen LogP contribution in [0.25, 0.3) is 0 Å². The molecule has 1 saturated heterocycles. The number of Topliss-reactive ketones (excluding diaryl/α,β-unsaturated/α-hetero) is 2. The Balaban J connectivity index is 2.25. The van der Waals surface area contributed by atoms with Crippen LogP contribution in [-0.4, -0.2) is 59.7 Å². The molecule has 7 nitrogen and oxygen atoms in total. The van der Waals surface area contributed by atoms with Gasteiger partial charge in [0.15, 0.2) is 11.6 Å². The van der Waals surface area contributed by atoms with Crippen LogP contribution >= 0.6 is 0 Å². The van der Waals surface area contributed by atoms with Crippen LogP contribution in [0.5, 0.6) is 0 Å². The number of carbonyl (C=O) groups excluding carboxylic acids is 3. The molecule has 23 heavy (non-hydrogen) atoms. The van der Waals surface area contributed by atoms with E-state index in [2.05, 4.69) is 4.98 Å². The summed E-state index contributed by atoms with van der Waals surface area (Å²) in [5.41, 5.74) is 7.85. The Kier molecular flexibility index (Phi) is 5.33. The second kappa shape index (κ2) is 7.06. The van der Waals surface area contributed by atoms with Crippen molar-refractivity contribution in [3.63, 3.8) is 0 Å². The molecule has 0 spiro atoms. The number of hydrogen-bond acceptors (Lipinski definition) is 5. The maximum atomic E-state index is 12.7. The first-order chi connectivity index (χ1) is 10.9. The van der Waals surface area contributed by atoms with Crippen LogP contribution in [0, 0.1) is 6.92 Å². The SMILES string of the molecule is CCc1c(C(=O)CN2CCOCC2C(N)=O)[nH]c(C)c1C(C)=O. The van der Waals surface area contributed by atoms with Crippen molar-refractivity contribution >= 4 is 17.5 Å². The van der Waals surface area contributed by atoms with Gasteiger partial charge in [-0.1, -0.05) is 6.92 Å². The number of aromatic amines is 1. The Morgan fingerprint density at radius 2 is 2.09 bits per heavy atom. The third kappa shape index (κ3) is 3.51. The standard InChI is InChI=1S/C16H23N3O4/c1-4-11-14(10(3)20)9(2)18-15(11)13(21)7-19-5-6-23-8-12(19)16(17)22/h12,18H,4-8H2,1-3H3,(H2,17,22). The number of ether oxygens (including phenoxy) is 1. The molecule has 0 radical (unpaired) electrons. The van der Waals surface area contributed by atoms with E-state index in [0.29, 0.717) is 36.5 Å². The van der Waals surface area contributed by atoms with Gasteiger partial charge in [0.05, 0.1) is 25.5 Å². The zero-order valence-electron chi connectivity index (χ0n) is 13.8. The number of amides is 1. The summed E-state index contributed by atoms with van der Waals surface area (Å²) < 4.78 is 5.25. The zero-order chi connectivity index (χ0) is 17.1. The lowest BCUT2D eigenvalue weighted by Crippen LogP contribution is -2.53. The van der Waals surface area contributed by atoms with Gasteiger partial charge in [-0.05, 0) is 25.8 Å². The number of aryl methyl sites for hydroxylation is 1. The minimum atomic E-state index is -0.596. The molecule has 3 N–H and O–H groups in total. The van der Waals surface area contributed by atoms with Crippen LogP contribution in [0.3, 0.4) is 0 Å². The molecule has 1 aromatic rings. The summed E-state index contributed by atoms with van der Waals surface area (Å²) in [6.07, 6.45) is 0.586. The minimum Gasteiger partial charge on any atom is -0.378 e.